The third-order valence-electron chi connectivity index (χ3n) is 4.12. The number of aryl methyl sites for hydroxylation is 1. The molecule has 124 valence electrons. The number of fused-ring (bicyclic) bond motifs is 1. The van der Waals surface area contributed by atoms with E-state index < -0.39 is 23.0 Å². The van der Waals surface area contributed by atoms with Gasteiger partial charge in [-0.05, 0) is 47.6 Å². The molecule has 0 heterocycles. The molecule has 0 saturated heterocycles. The first kappa shape index (κ1) is 16.8. The predicted octanol–water partition coefficient (Wildman–Crippen LogP) is 5.91. The Hall–Kier alpha value is -3.06. The zero-order chi connectivity index (χ0) is 18.0. The number of nitriles is 1. The molecule has 0 radical (unpaired) electrons. The van der Waals surface area contributed by atoms with Crippen molar-refractivity contribution in [2.24, 2.45) is 0 Å². The fraction of sp³-hybridized carbons (Fsp3) is 0.0952. The first-order valence-corrected chi connectivity index (χ1v) is 7.76. The number of hydrogen-bond acceptors (Lipinski definition) is 1. The fourth-order valence-corrected chi connectivity index (χ4v) is 2.82. The molecule has 3 rings (SSSR count). The van der Waals surface area contributed by atoms with Crippen LogP contribution in [0.4, 0.5) is 13.2 Å². The van der Waals surface area contributed by atoms with Gasteiger partial charge in [0.15, 0.2) is 5.82 Å². The van der Waals surface area contributed by atoms with Gasteiger partial charge in [-0.1, -0.05) is 30.3 Å². The first-order chi connectivity index (χ1) is 12.0. The number of hydrogen-bond donors (Lipinski definition) is 0. The van der Waals surface area contributed by atoms with Gasteiger partial charge in [0.25, 0.3) is 0 Å². The summed E-state index contributed by atoms with van der Waals surface area (Å²) in [5.74, 6) is -2.22. The van der Waals surface area contributed by atoms with Gasteiger partial charge in [0.05, 0.1) is 0 Å². The molecule has 1 nitrogen and oxygen atoms in total. The Morgan fingerprint density at radius 1 is 1.00 bits per heavy atom. The smallest absolute Gasteiger partial charge is 0.151 e. The van der Waals surface area contributed by atoms with Crippen molar-refractivity contribution in [2.75, 3.05) is 0 Å². The second-order valence-corrected chi connectivity index (χ2v) is 5.74. The van der Waals surface area contributed by atoms with Crippen LogP contribution in [0.15, 0.2) is 55.1 Å². The monoisotopic (exact) mass is 337 g/mol. The van der Waals surface area contributed by atoms with Crippen molar-refractivity contribution in [1.82, 2.24) is 0 Å². The Bertz CT molecular complexity index is 1020. The standard InChI is InChI=1S/C21H14F3N/c1-2-3-4-13-5-7-16(19(22)9-13)14-6-8-17-15(10-14)11-20(23)18(12-25)21(17)24/h2,5-11H,1,3-4H2. The van der Waals surface area contributed by atoms with E-state index >= 15 is 0 Å². The fourth-order valence-electron chi connectivity index (χ4n) is 2.82. The van der Waals surface area contributed by atoms with Crippen LogP contribution in [0.1, 0.15) is 17.5 Å². The van der Waals surface area contributed by atoms with Gasteiger partial charge >= 0.3 is 0 Å². The lowest BCUT2D eigenvalue weighted by Gasteiger charge is -2.09. The van der Waals surface area contributed by atoms with Crippen LogP contribution in [-0.2, 0) is 6.42 Å². The quantitative estimate of drug-likeness (QED) is 0.543. The van der Waals surface area contributed by atoms with Gasteiger partial charge in [0.1, 0.15) is 23.3 Å². The molecule has 0 N–H and O–H groups in total. The second kappa shape index (κ2) is 6.82. The average molecular weight is 337 g/mol. The van der Waals surface area contributed by atoms with Crippen molar-refractivity contribution < 1.29 is 13.2 Å². The van der Waals surface area contributed by atoms with E-state index in [-0.39, 0.29) is 10.8 Å². The van der Waals surface area contributed by atoms with E-state index in [2.05, 4.69) is 6.58 Å². The molecule has 0 fully saturated rings. The molecule has 0 bridgehead atoms. The summed E-state index contributed by atoms with van der Waals surface area (Å²) in [5, 5.41) is 9.24. The molecule has 0 aliphatic carbocycles. The number of rotatable bonds is 4. The largest absolute Gasteiger partial charge is 0.206 e. The maximum Gasteiger partial charge on any atom is 0.151 e. The molecule has 3 aromatic rings. The number of nitrogens with zero attached hydrogens (tertiary/aromatic N) is 1. The average Bonchev–Trinajstić information content (AvgIpc) is 2.60. The highest BCUT2D eigenvalue weighted by Gasteiger charge is 2.15. The molecule has 25 heavy (non-hydrogen) atoms. The Balaban J connectivity index is 2.08. The van der Waals surface area contributed by atoms with E-state index in [4.69, 9.17) is 5.26 Å². The first-order valence-electron chi connectivity index (χ1n) is 7.76. The Kier molecular flexibility index (Phi) is 4.58. The summed E-state index contributed by atoms with van der Waals surface area (Å²) < 4.78 is 42.4. The highest BCUT2D eigenvalue weighted by Crippen LogP contribution is 2.30. The van der Waals surface area contributed by atoms with E-state index in [1.54, 1.807) is 18.2 Å². The van der Waals surface area contributed by atoms with Crippen molar-refractivity contribution in [3.63, 3.8) is 0 Å². The van der Waals surface area contributed by atoms with E-state index in [1.807, 2.05) is 6.07 Å². The van der Waals surface area contributed by atoms with Gasteiger partial charge in [-0.3, -0.25) is 0 Å². The van der Waals surface area contributed by atoms with Crippen molar-refractivity contribution in [2.45, 2.75) is 12.8 Å². The third kappa shape index (κ3) is 3.14. The normalized spacial score (nSPS) is 10.6. The lowest BCUT2D eigenvalue weighted by atomic mass is 9.97. The van der Waals surface area contributed by atoms with E-state index in [0.717, 1.165) is 18.1 Å². The highest BCUT2D eigenvalue weighted by molar-refractivity contribution is 5.89. The second-order valence-electron chi connectivity index (χ2n) is 5.74. The van der Waals surface area contributed by atoms with Crippen molar-refractivity contribution in [3.8, 4) is 17.2 Å². The highest BCUT2D eigenvalue weighted by atomic mass is 19.1. The summed E-state index contributed by atoms with van der Waals surface area (Å²) in [6, 6.07) is 12.1. The van der Waals surface area contributed by atoms with E-state index in [1.165, 1.54) is 24.3 Å². The molecule has 0 aromatic heterocycles. The van der Waals surface area contributed by atoms with E-state index in [0.29, 0.717) is 17.5 Å². The molecule has 0 aliphatic rings. The Morgan fingerprint density at radius 3 is 2.48 bits per heavy atom. The molecular weight excluding hydrogens is 323 g/mol. The molecule has 0 aliphatic heterocycles. The van der Waals surface area contributed by atoms with Crippen LogP contribution in [0.5, 0.6) is 0 Å². The van der Waals surface area contributed by atoms with Gasteiger partial charge < -0.3 is 0 Å². The van der Waals surface area contributed by atoms with Crippen LogP contribution >= 0.6 is 0 Å². The molecule has 0 atom stereocenters. The van der Waals surface area contributed by atoms with E-state index in [9.17, 15) is 13.2 Å². The lowest BCUT2D eigenvalue weighted by Crippen LogP contribution is -1.93. The molecule has 0 spiro atoms. The van der Waals surface area contributed by atoms with Crippen LogP contribution in [0.3, 0.4) is 0 Å². The van der Waals surface area contributed by atoms with Crippen molar-refractivity contribution in [3.05, 3.63) is 83.7 Å². The maximum absolute atomic E-state index is 14.4. The molecule has 3 aromatic carbocycles. The predicted molar refractivity (Wildman–Crippen MR) is 92.5 cm³/mol. The van der Waals surface area contributed by atoms with Crippen molar-refractivity contribution >= 4 is 10.8 Å². The van der Waals surface area contributed by atoms with Gasteiger partial charge in [-0.2, -0.15) is 5.26 Å². The minimum absolute atomic E-state index is 0.129. The van der Waals surface area contributed by atoms with Crippen LogP contribution in [-0.4, -0.2) is 0 Å². The van der Waals surface area contributed by atoms with Crippen LogP contribution in [0, 0.1) is 28.8 Å². The number of benzene rings is 3. The number of allylic oxidation sites excluding steroid dienone is 1. The molecule has 0 unspecified atom stereocenters. The number of halogens is 3. The minimum atomic E-state index is -0.926. The summed E-state index contributed by atoms with van der Waals surface area (Å²) in [6.07, 6.45) is 3.23. The zero-order valence-electron chi connectivity index (χ0n) is 13.3. The molecule has 4 heteroatoms. The van der Waals surface area contributed by atoms with Gasteiger partial charge in [0.2, 0.25) is 0 Å². The zero-order valence-corrected chi connectivity index (χ0v) is 13.3. The summed E-state index contributed by atoms with van der Waals surface area (Å²) in [5.41, 5.74) is 1.12. The molecule has 0 amide bonds. The summed E-state index contributed by atoms with van der Waals surface area (Å²) >= 11 is 0. The summed E-state index contributed by atoms with van der Waals surface area (Å²) in [6.45, 7) is 3.64. The Labute approximate surface area is 143 Å². The summed E-state index contributed by atoms with van der Waals surface area (Å²) in [4.78, 5) is 0. The van der Waals surface area contributed by atoms with Gasteiger partial charge in [-0.25, -0.2) is 13.2 Å². The van der Waals surface area contributed by atoms with Gasteiger partial charge in [-0.15, -0.1) is 6.58 Å². The van der Waals surface area contributed by atoms with Crippen LogP contribution < -0.4 is 0 Å². The lowest BCUT2D eigenvalue weighted by molar-refractivity contribution is 0.585. The topological polar surface area (TPSA) is 23.8 Å². The van der Waals surface area contributed by atoms with Crippen molar-refractivity contribution in [1.29, 1.82) is 5.26 Å². The summed E-state index contributed by atoms with van der Waals surface area (Å²) in [7, 11) is 0. The SMILES string of the molecule is C=CCCc1ccc(-c2ccc3c(F)c(C#N)c(F)cc3c2)c(F)c1. The molecular formula is C21H14F3N. The Morgan fingerprint density at radius 2 is 1.80 bits per heavy atom. The van der Waals surface area contributed by atoms with Gasteiger partial charge in [0, 0.05) is 10.9 Å². The maximum atomic E-state index is 14.4. The third-order valence-corrected chi connectivity index (χ3v) is 4.12. The molecule has 0 saturated carbocycles. The minimum Gasteiger partial charge on any atom is -0.206 e. The van der Waals surface area contributed by atoms with Crippen LogP contribution in [0.25, 0.3) is 21.9 Å². The van der Waals surface area contributed by atoms with Crippen LogP contribution in [0.2, 0.25) is 0 Å².